The molecule has 5 heteroatoms. The minimum atomic E-state index is -0.413. The summed E-state index contributed by atoms with van der Waals surface area (Å²) in [5.41, 5.74) is 1.17. The lowest BCUT2D eigenvalue weighted by molar-refractivity contribution is 0.0594. The number of nitrogens with one attached hydrogen (secondary N) is 1. The minimum Gasteiger partial charge on any atom is -0.490 e. The molecule has 0 radical (unpaired) electrons. The van der Waals surface area contributed by atoms with E-state index >= 15 is 0 Å². The number of esters is 1. The molecule has 0 saturated carbocycles. The largest absolute Gasteiger partial charge is 0.490 e. The molecule has 0 saturated heterocycles. The number of aromatic nitrogens is 2. The van der Waals surface area contributed by atoms with Gasteiger partial charge in [-0.15, -0.1) is 0 Å². The summed E-state index contributed by atoms with van der Waals surface area (Å²) in [4.78, 5) is 11.6. The third-order valence-corrected chi connectivity index (χ3v) is 2.30. The first-order valence-corrected chi connectivity index (χ1v) is 5.34. The molecule has 0 spiro atoms. The van der Waals surface area contributed by atoms with Gasteiger partial charge < -0.3 is 9.47 Å². The molecule has 2 aromatic rings. The lowest BCUT2D eigenvalue weighted by Crippen LogP contribution is -2.11. The van der Waals surface area contributed by atoms with Gasteiger partial charge in [0.1, 0.15) is 11.3 Å². The topological polar surface area (TPSA) is 64.2 Å². The number of carbonyl (C=O) groups is 1. The number of carbonyl (C=O) groups excluding carboxylic acids is 1. The number of benzene rings is 1. The second kappa shape index (κ2) is 4.45. The molecule has 0 aliphatic rings. The Morgan fingerprint density at radius 2 is 2.18 bits per heavy atom. The minimum absolute atomic E-state index is 0.0187. The molecule has 1 heterocycles. The van der Waals surface area contributed by atoms with Crippen molar-refractivity contribution in [1.82, 2.24) is 10.2 Å². The fourth-order valence-electron chi connectivity index (χ4n) is 1.59. The number of nitrogens with zero attached hydrogens (tertiary/aromatic N) is 1. The summed E-state index contributed by atoms with van der Waals surface area (Å²) in [6, 6.07) is 3.44. The fourth-order valence-corrected chi connectivity index (χ4v) is 1.59. The molecule has 17 heavy (non-hydrogen) atoms. The molecule has 2 rings (SSSR count). The lowest BCUT2D eigenvalue weighted by Gasteiger charge is -2.13. The second-order valence-electron chi connectivity index (χ2n) is 3.95. The number of hydrogen-bond donors (Lipinski definition) is 1. The van der Waals surface area contributed by atoms with Crippen LogP contribution in [0, 0.1) is 0 Å². The van der Waals surface area contributed by atoms with Crippen LogP contribution in [0.3, 0.4) is 0 Å². The zero-order valence-electron chi connectivity index (χ0n) is 9.98. The van der Waals surface area contributed by atoms with E-state index in [0.29, 0.717) is 11.3 Å². The number of hydrogen-bond acceptors (Lipinski definition) is 4. The van der Waals surface area contributed by atoms with Crippen LogP contribution in [0.4, 0.5) is 0 Å². The summed E-state index contributed by atoms with van der Waals surface area (Å²) in [7, 11) is 1.35. The van der Waals surface area contributed by atoms with Crippen molar-refractivity contribution in [2.24, 2.45) is 0 Å². The van der Waals surface area contributed by atoms with E-state index in [4.69, 9.17) is 9.47 Å². The maximum atomic E-state index is 11.6. The van der Waals surface area contributed by atoms with E-state index in [0.717, 1.165) is 10.9 Å². The highest BCUT2D eigenvalue weighted by molar-refractivity contribution is 5.97. The van der Waals surface area contributed by atoms with E-state index in [2.05, 4.69) is 10.2 Å². The molecule has 0 fully saturated rings. The summed E-state index contributed by atoms with van der Waals surface area (Å²) < 4.78 is 10.3. The molecule has 0 amide bonds. The number of fused-ring (bicyclic) bond motifs is 1. The number of ether oxygens (including phenoxy) is 2. The van der Waals surface area contributed by atoms with E-state index in [1.165, 1.54) is 7.11 Å². The molecule has 0 aliphatic carbocycles. The van der Waals surface area contributed by atoms with Gasteiger partial charge in [0, 0.05) is 17.6 Å². The predicted molar refractivity (Wildman–Crippen MR) is 63.2 cm³/mol. The van der Waals surface area contributed by atoms with Crippen molar-refractivity contribution in [3.63, 3.8) is 0 Å². The normalized spacial score (nSPS) is 10.8. The van der Waals surface area contributed by atoms with Gasteiger partial charge >= 0.3 is 5.97 Å². The average Bonchev–Trinajstić information content (AvgIpc) is 2.73. The summed E-state index contributed by atoms with van der Waals surface area (Å²) >= 11 is 0. The van der Waals surface area contributed by atoms with Crippen molar-refractivity contribution in [3.05, 3.63) is 23.9 Å². The first-order valence-electron chi connectivity index (χ1n) is 5.34. The Hall–Kier alpha value is -2.04. The third-order valence-electron chi connectivity index (χ3n) is 2.30. The molecular formula is C12H14N2O3. The van der Waals surface area contributed by atoms with Gasteiger partial charge in [0.05, 0.1) is 18.7 Å². The zero-order valence-corrected chi connectivity index (χ0v) is 9.98. The van der Waals surface area contributed by atoms with Gasteiger partial charge in [-0.05, 0) is 19.9 Å². The highest BCUT2D eigenvalue weighted by Crippen LogP contribution is 2.26. The monoisotopic (exact) mass is 234 g/mol. The van der Waals surface area contributed by atoms with Crippen LogP contribution in [-0.4, -0.2) is 29.4 Å². The molecule has 0 atom stereocenters. The first kappa shape index (κ1) is 11.4. The van der Waals surface area contributed by atoms with Crippen molar-refractivity contribution >= 4 is 16.9 Å². The fraction of sp³-hybridized carbons (Fsp3) is 0.333. The van der Waals surface area contributed by atoms with Crippen molar-refractivity contribution in [3.8, 4) is 5.75 Å². The van der Waals surface area contributed by atoms with Gasteiger partial charge in [0.15, 0.2) is 0 Å². The predicted octanol–water partition coefficient (Wildman–Crippen LogP) is 2.14. The Morgan fingerprint density at radius 3 is 2.82 bits per heavy atom. The van der Waals surface area contributed by atoms with Gasteiger partial charge in [0.25, 0.3) is 0 Å². The van der Waals surface area contributed by atoms with Crippen LogP contribution in [0.1, 0.15) is 24.2 Å². The van der Waals surface area contributed by atoms with Crippen LogP contribution >= 0.6 is 0 Å². The van der Waals surface area contributed by atoms with E-state index in [1.54, 1.807) is 18.3 Å². The van der Waals surface area contributed by atoms with Crippen molar-refractivity contribution in [1.29, 1.82) is 0 Å². The standard InChI is InChI=1S/C12H14N2O3/c1-7(2)17-11-5-10-8(6-13-14-10)4-9(11)12(15)16-3/h4-7H,1-3H3,(H,13,14). The first-order chi connectivity index (χ1) is 8.11. The molecule has 1 aromatic carbocycles. The number of aromatic amines is 1. The van der Waals surface area contributed by atoms with Gasteiger partial charge in [-0.25, -0.2) is 4.79 Å². The SMILES string of the molecule is COC(=O)c1cc2c[nH]nc2cc1OC(C)C. The molecule has 90 valence electrons. The van der Waals surface area contributed by atoms with Crippen LogP contribution < -0.4 is 4.74 Å². The average molecular weight is 234 g/mol. The Labute approximate surface area is 98.7 Å². The molecule has 0 aliphatic heterocycles. The number of H-pyrrole nitrogens is 1. The van der Waals surface area contributed by atoms with Gasteiger partial charge in [-0.1, -0.05) is 0 Å². The highest BCUT2D eigenvalue weighted by Gasteiger charge is 2.16. The highest BCUT2D eigenvalue weighted by atomic mass is 16.5. The maximum Gasteiger partial charge on any atom is 0.341 e. The molecular weight excluding hydrogens is 220 g/mol. The smallest absolute Gasteiger partial charge is 0.341 e. The van der Waals surface area contributed by atoms with Crippen LogP contribution in [0.15, 0.2) is 18.3 Å². The Morgan fingerprint density at radius 1 is 1.41 bits per heavy atom. The summed E-state index contributed by atoms with van der Waals surface area (Å²) in [5, 5.41) is 7.65. The van der Waals surface area contributed by atoms with Crippen LogP contribution in [0.25, 0.3) is 10.9 Å². The van der Waals surface area contributed by atoms with Crippen molar-refractivity contribution in [2.45, 2.75) is 20.0 Å². The van der Waals surface area contributed by atoms with Crippen LogP contribution in [0.5, 0.6) is 5.75 Å². The maximum absolute atomic E-state index is 11.6. The van der Waals surface area contributed by atoms with E-state index in [-0.39, 0.29) is 6.10 Å². The molecule has 1 aromatic heterocycles. The Kier molecular flexibility index (Phi) is 2.99. The summed E-state index contributed by atoms with van der Waals surface area (Å²) in [6.45, 7) is 3.80. The third kappa shape index (κ3) is 2.22. The van der Waals surface area contributed by atoms with Gasteiger partial charge in [0.2, 0.25) is 0 Å². The molecule has 5 nitrogen and oxygen atoms in total. The van der Waals surface area contributed by atoms with E-state index in [1.807, 2.05) is 13.8 Å². The quantitative estimate of drug-likeness (QED) is 0.826. The summed E-state index contributed by atoms with van der Waals surface area (Å²) in [6.07, 6.45) is 1.70. The molecule has 0 unspecified atom stereocenters. The molecule has 1 N–H and O–H groups in total. The van der Waals surface area contributed by atoms with Crippen LogP contribution in [-0.2, 0) is 4.74 Å². The second-order valence-corrected chi connectivity index (χ2v) is 3.95. The Bertz CT molecular complexity index is 546. The molecule has 0 bridgehead atoms. The number of methoxy groups -OCH3 is 1. The van der Waals surface area contributed by atoms with Crippen molar-refractivity contribution < 1.29 is 14.3 Å². The van der Waals surface area contributed by atoms with Gasteiger partial charge in [-0.3, -0.25) is 5.10 Å². The summed E-state index contributed by atoms with van der Waals surface area (Å²) in [5.74, 6) is 0.0789. The van der Waals surface area contributed by atoms with Gasteiger partial charge in [-0.2, -0.15) is 5.10 Å². The number of rotatable bonds is 3. The van der Waals surface area contributed by atoms with Crippen molar-refractivity contribution in [2.75, 3.05) is 7.11 Å². The lowest BCUT2D eigenvalue weighted by atomic mass is 10.1. The zero-order chi connectivity index (χ0) is 12.4. The van der Waals surface area contributed by atoms with Crippen LogP contribution in [0.2, 0.25) is 0 Å². The van der Waals surface area contributed by atoms with E-state index in [9.17, 15) is 4.79 Å². The van der Waals surface area contributed by atoms with E-state index < -0.39 is 5.97 Å². The Balaban J connectivity index is 2.55.